The van der Waals surface area contributed by atoms with E-state index >= 15 is 0 Å². The van der Waals surface area contributed by atoms with Crippen LogP contribution in [0.5, 0.6) is 0 Å². The van der Waals surface area contributed by atoms with Crippen LogP contribution in [0.4, 0.5) is 5.69 Å². The largest absolute Gasteiger partial charge is 0.380 e. The van der Waals surface area contributed by atoms with Crippen molar-refractivity contribution in [2.45, 2.75) is 13.2 Å². The fourth-order valence-electron chi connectivity index (χ4n) is 1.59. The van der Waals surface area contributed by atoms with Gasteiger partial charge in [0.15, 0.2) is 0 Å². The fourth-order valence-corrected chi connectivity index (χ4v) is 2.07. The van der Waals surface area contributed by atoms with Gasteiger partial charge in [0.2, 0.25) is 0 Å². The first-order valence-corrected chi connectivity index (χ1v) is 6.09. The molecule has 0 fully saturated rings. The highest BCUT2D eigenvalue weighted by molar-refractivity contribution is 9.10. The Morgan fingerprint density at radius 2 is 2.35 bits per heavy atom. The Kier molecular flexibility index (Phi) is 4.17. The van der Waals surface area contributed by atoms with Crippen molar-refractivity contribution in [3.05, 3.63) is 46.5 Å². The van der Waals surface area contributed by atoms with Crippen molar-refractivity contribution in [1.29, 1.82) is 0 Å². The van der Waals surface area contributed by atoms with Gasteiger partial charge in [-0.2, -0.15) is 0 Å². The Morgan fingerprint density at radius 1 is 1.47 bits per heavy atom. The summed E-state index contributed by atoms with van der Waals surface area (Å²) in [4.78, 5) is 7.23. The molecule has 0 saturated carbocycles. The molecule has 1 aromatic heterocycles. The van der Waals surface area contributed by atoms with E-state index in [1.54, 1.807) is 13.3 Å². The summed E-state index contributed by atoms with van der Waals surface area (Å²) >= 11 is 3.52. The van der Waals surface area contributed by atoms with E-state index in [9.17, 15) is 0 Å². The smallest absolute Gasteiger partial charge is 0.125 e. The molecule has 0 aliphatic carbocycles. The predicted octanol–water partition coefficient (Wildman–Crippen LogP) is 2.93. The summed E-state index contributed by atoms with van der Waals surface area (Å²) in [5, 5.41) is 3.34. The Hall–Kier alpha value is -1.33. The normalized spacial score (nSPS) is 10.5. The minimum absolute atomic E-state index is 0.571. The van der Waals surface area contributed by atoms with Crippen molar-refractivity contribution in [1.82, 2.24) is 9.97 Å². The van der Waals surface area contributed by atoms with E-state index < -0.39 is 0 Å². The number of imidazole rings is 1. The van der Waals surface area contributed by atoms with Gasteiger partial charge in [-0.15, -0.1) is 0 Å². The van der Waals surface area contributed by atoms with Crippen LogP contribution >= 0.6 is 15.9 Å². The summed E-state index contributed by atoms with van der Waals surface area (Å²) in [6.07, 6.45) is 3.56. The molecule has 4 nitrogen and oxygen atoms in total. The zero-order valence-corrected chi connectivity index (χ0v) is 11.1. The summed E-state index contributed by atoms with van der Waals surface area (Å²) in [6.45, 7) is 1.24. The van der Waals surface area contributed by atoms with E-state index in [0.29, 0.717) is 13.2 Å². The molecule has 2 N–H and O–H groups in total. The van der Waals surface area contributed by atoms with Gasteiger partial charge in [-0.25, -0.2) is 4.98 Å². The lowest BCUT2D eigenvalue weighted by atomic mass is 10.2. The van der Waals surface area contributed by atoms with Crippen LogP contribution in [-0.2, 0) is 17.9 Å². The molecule has 90 valence electrons. The molecule has 0 atom stereocenters. The van der Waals surface area contributed by atoms with Crippen molar-refractivity contribution in [3.63, 3.8) is 0 Å². The van der Waals surface area contributed by atoms with Crippen molar-refractivity contribution < 1.29 is 4.74 Å². The topological polar surface area (TPSA) is 49.9 Å². The molecule has 0 aliphatic heterocycles. The van der Waals surface area contributed by atoms with Crippen molar-refractivity contribution >= 4 is 21.6 Å². The zero-order chi connectivity index (χ0) is 12.1. The number of rotatable bonds is 5. The number of nitrogens with one attached hydrogen (secondary N) is 2. The van der Waals surface area contributed by atoms with Crippen LogP contribution in [0.1, 0.15) is 11.4 Å². The van der Waals surface area contributed by atoms with E-state index in [0.717, 1.165) is 21.5 Å². The molecule has 0 amide bonds. The molecule has 1 heterocycles. The highest BCUT2D eigenvalue weighted by Crippen LogP contribution is 2.25. The van der Waals surface area contributed by atoms with E-state index in [-0.39, 0.29) is 0 Å². The van der Waals surface area contributed by atoms with Crippen molar-refractivity contribution in [2.24, 2.45) is 0 Å². The van der Waals surface area contributed by atoms with Gasteiger partial charge in [0.25, 0.3) is 0 Å². The molecule has 1 aromatic carbocycles. The van der Waals surface area contributed by atoms with Crippen molar-refractivity contribution in [3.8, 4) is 0 Å². The molecule has 2 rings (SSSR count). The quantitative estimate of drug-likeness (QED) is 0.892. The van der Waals surface area contributed by atoms with Crippen LogP contribution in [0, 0.1) is 0 Å². The van der Waals surface area contributed by atoms with E-state index in [1.165, 1.54) is 0 Å². The highest BCUT2D eigenvalue weighted by Gasteiger charge is 2.06. The number of H-pyrrole nitrogens is 1. The maximum Gasteiger partial charge on any atom is 0.125 e. The summed E-state index contributed by atoms with van der Waals surface area (Å²) in [6, 6.07) is 6.03. The first kappa shape index (κ1) is 12.1. The monoisotopic (exact) mass is 295 g/mol. The summed E-state index contributed by atoms with van der Waals surface area (Å²) in [7, 11) is 1.69. The third-order valence-corrected chi connectivity index (χ3v) is 3.15. The van der Waals surface area contributed by atoms with Gasteiger partial charge >= 0.3 is 0 Å². The second-order valence-corrected chi connectivity index (χ2v) is 4.44. The number of anilines is 1. The summed E-state index contributed by atoms with van der Waals surface area (Å²) < 4.78 is 6.24. The van der Waals surface area contributed by atoms with Crippen molar-refractivity contribution in [2.75, 3.05) is 12.4 Å². The molecule has 0 spiro atoms. The number of hydrogen-bond acceptors (Lipinski definition) is 3. The standard InChI is InChI=1S/C12H14BrN3O/c1-17-8-9-10(13)3-2-4-11(9)16-7-12-14-5-6-15-12/h2-6,16H,7-8H2,1H3,(H,14,15). The molecule has 0 aliphatic rings. The predicted molar refractivity (Wildman–Crippen MR) is 70.8 cm³/mol. The zero-order valence-electron chi connectivity index (χ0n) is 9.53. The lowest BCUT2D eigenvalue weighted by Crippen LogP contribution is -2.04. The van der Waals surface area contributed by atoms with Gasteiger partial charge in [-0.3, -0.25) is 0 Å². The van der Waals surface area contributed by atoms with Gasteiger partial charge in [0.1, 0.15) is 5.82 Å². The number of hydrogen-bond donors (Lipinski definition) is 2. The summed E-state index contributed by atoms with van der Waals surface area (Å²) in [5.74, 6) is 0.911. The molecule has 2 aromatic rings. The maximum absolute atomic E-state index is 5.19. The Bertz CT molecular complexity index is 471. The number of aromatic nitrogens is 2. The molecular weight excluding hydrogens is 282 g/mol. The number of nitrogens with zero attached hydrogens (tertiary/aromatic N) is 1. The summed E-state index contributed by atoms with van der Waals surface area (Å²) in [5.41, 5.74) is 2.17. The van der Waals surface area contributed by atoms with Crippen LogP contribution in [0.2, 0.25) is 0 Å². The minimum Gasteiger partial charge on any atom is -0.380 e. The Morgan fingerprint density at radius 3 is 3.06 bits per heavy atom. The van der Waals surface area contributed by atoms with E-state index in [1.807, 2.05) is 24.4 Å². The average Bonchev–Trinajstić information content (AvgIpc) is 2.83. The molecule has 0 unspecified atom stereocenters. The van der Waals surface area contributed by atoms with Gasteiger partial charge < -0.3 is 15.0 Å². The van der Waals surface area contributed by atoms with E-state index in [4.69, 9.17) is 4.74 Å². The van der Waals surface area contributed by atoms with Gasteiger partial charge in [0, 0.05) is 35.2 Å². The average molecular weight is 296 g/mol. The van der Waals surface area contributed by atoms with Gasteiger partial charge in [-0.1, -0.05) is 22.0 Å². The van der Waals surface area contributed by atoms with Gasteiger partial charge in [-0.05, 0) is 12.1 Å². The second kappa shape index (κ2) is 5.84. The maximum atomic E-state index is 5.19. The fraction of sp³-hybridized carbons (Fsp3) is 0.250. The number of benzene rings is 1. The van der Waals surface area contributed by atoms with Crippen LogP contribution < -0.4 is 5.32 Å². The third-order valence-electron chi connectivity index (χ3n) is 2.41. The van der Waals surface area contributed by atoms with Crippen LogP contribution in [0.15, 0.2) is 35.1 Å². The third kappa shape index (κ3) is 3.08. The first-order chi connectivity index (χ1) is 8.31. The van der Waals surface area contributed by atoms with E-state index in [2.05, 4.69) is 31.2 Å². The molecule has 0 radical (unpaired) electrons. The number of halogens is 1. The number of ether oxygens (including phenoxy) is 1. The first-order valence-electron chi connectivity index (χ1n) is 5.29. The SMILES string of the molecule is COCc1c(Br)cccc1NCc1ncc[nH]1. The Labute approximate surface area is 109 Å². The van der Waals surface area contributed by atoms with Crippen LogP contribution in [0.25, 0.3) is 0 Å². The molecule has 5 heteroatoms. The van der Waals surface area contributed by atoms with Gasteiger partial charge in [0.05, 0.1) is 13.2 Å². The van der Waals surface area contributed by atoms with Crippen LogP contribution in [0.3, 0.4) is 0 Å². The second-order valence-electron chi connectivity index (χ2n) is 3.59. The Balaban J connectivity index is 2.11. The molecule has 17 heavy (non-hydrogen) atoms. The number of aromatic amines is 1. The minimum atomic E-state index is 0.571. The number of methoxy groups -OCH3 is 1. The lowest BCUT2D eigenvalue weighted by molar-refractivity contribution is 0.185. The highest BCUT2D eigenvalue weighted by atomic mass is 79.9. The molecule has 0 bridgehead atoms. The van der Waals surface area contributed by atoms with Crippen LogP contribution in [-0.4, -0.2) is 17.1 Å². The molecule has 0 saturated heterocycles. The lowest BCUT2D eigenvalue weighted by Gasteiger charge is -2.12. The molecular formula is C12H14BrN3O.